The second-order valence-corrected chi connectivity index (χ2v) is 7.38. The summed E-state index contributed by atoms with van der Waals surface area (Å²) in [7, 11) is 0. The number of hydrogen-bond acceptors (Lipinski definition) is 2. The molecule has 1 aliphatic heterocycles. The van der Waals surface area contributed by atoms with E-state index in [1.54, 1.807) is 0 Å². The van der Waals surface area contributed by atoms with Crippen LogP contribution in [-0.4, -0.2) is 36.1 Å². The van der Waals surface area contributed by atoms with Crippen LogP contribution >= 0.6 is 0 Å². The highest BCUT2D eigenvalue weighted by Crippen LogP contribution is 2.33. The van der Waals surface area contributed by atoms with Crippen LogP contribution in [0, 0.1) is 17.8 Å². The van der Waals surface area contributed by atoms with Gasteiger partial charge >= 0.3 is 0 Å². The first kappa shape index (κ1) is 14.3. The molecule has 0 bridgehead atoms. The summed E-state index contributed by atoms with van der Waals surface area (Å²) in [5.41, 5.74) is 0. The molecule has 2 heteroatoms. The van der Waals surface area contributed by atoms with E-state index in [4.69, 9.17) is 0 Å². The van der Waals surface area contributed by atoms with Gasteiger partial charge in [0.25, 0.3) is 0 Å². The molecular weight excluding hydrogens is 220 g/mol. The third-order valence-corrected chi connectivity index (χ3v) is 5.08. The normalized spacial score (nSPS) is 43.3. The fourth-order valence-electron chi connectivity index (χ4n) is 4.04. The predicted octanol–water partition coefficient (Wildman–Crippen LogP) is 3.13. The van der Waals surface area contributed by atoms with Gasteiger partial charge in [0, 0.05) is 31.2 Å². The van der Waals surface area contributed by atoms with Crippen molar-refractivity contribution in [3.8, 4) is 0 Å². The first-order valence-electron chi connectivity index (χ1n) is 7.96. The van der Waals surface area contributed by atoms with Gasteiger partial charge in [-0.15, -0.1) is 0 Å². The number of hydrogen-bond donors (Lipinski definition) is 1. The molecule has 1 saturated heterocycles. The zero-order valence-corrected chi connectivity index (χ0v) is 12.9. The third kappa shape index (κ3) is 3.27. The first-order chi connectivity index (χ1) is 8.47. The molecule has 2 fully saturated rings. The van der Waals surface area contributed by atoms with E-state index < -0.39 is 0 Å². The summed E-state index contributed by atoms with van der Waals surface area (Å²) in [6, 6.07) is 2.23. The molecule has 1 saturated carbocycles. The molecule has 0 aromatic rings. The fourth-order valence-corrected chi connectivity index (χ4v) is 4.04. The number of piperazine rings is 1. The van der Waals surface area contributed by atoms with Gasteiger partial charge in [-0.05, 0) is 43.9 Å². The molecular formula is C16H32N2. The molecule has 18 heavy (non-hydrogen) atoms. The number of nitrogens with zero attached hydrogens (tertiary/aromatic N) is 1. The molecule has 4 atom stereocenters. The van der Waals surface area contributed by atoms with Gasteiger partial charge in [-0.2, -0.15) is 0 Å². The molecule has 0 radical (unpaired) electrons. The standard InChI is InChI=1S/C16H32N2/c1-11(2)16-10-18(14(5)9-17-16)15-7-12(3)6-13(4)8-15/h11-17H,6-10H2,1-5H3. The molecule has 0 aromatic carbocycles. The van der Waals surface area contributed by atoms with Crippen LogP contribution in [0.4, 0.5) is 0 Å². The van der Waals surface area contributed by atoms with Crippen molar-refractivity contribution in [2.24, 2.45) is 17.8 Å². The topological polar surface area (TPSA) is 15.3 Å². The Labute approximate surface area is 114 Å². The average molecular weight is 252 g/mol. The van der Waals surface area contributed by atoms with E-state index in [9.17, 15) is 0 Å². The van der Waals surface area contributed by atoms with Crippen molar-refractivity contribution in [2.45, 2.75) is 72.0 Å². The maximum atomic E-state index is 3.72. The van der Waals surface area contributed by atoms with Crippen LogP contribution in [-0.2, 0) is 0 Å². The zero-order valence-electron chi connectivity index (χ0n) is 12.9. The van der Waals surface area contributed by atoms with Gasteiger partial charge in [0.2, 0.25) is 0 Å². The summed E-state index contributed by atoms with van der Waals surface area (Å²) in [4.78, 5) is 2.81. The van der Waals surface area contributed by atoms with E-state index >= 15 is 0 Å². The summed E-state index contributed by atoms with van der Waals surface area (Å²) in [5.74, 6) is 2.58. The van der Waals surface area contributed by atoms with E-state index in [1.165, 1.54) is 32.4 Å². The van der Waals surface area contributed by atoms with E-state index in [1.807, 2.05) is 0 Å². The van der Waals surface area contributed by atoms with Gasteiger partial charge in [0.05, 0.1) is 0 Å². The van der Waals surface area contributed by atoms with E-state index in [0.29, 0.717) is 12.1 Å². The van der Waals surface area contributed by atoms with Crippen molar-refractivity contribution in [2.75, 3.05) is 13.1 Å². The number of nitrogens with one attached hydrogen (secondary N) is 1. The van der Waals surface area contributed by atoms with Crippen molar-refractivity contribution < 1.29 is 0 Å². The zero-order chi connectivity index (χ0) is 13.3. The maximum absolute atomic E-state index is 3.72. The van der Waals surface area contributed by atoms with Crippen molar-refractivity contribution in [3.63, 3.8) is 0 Å². The minimum atomic E-state index is 0.689. The van der Waals surface area contributed by atoms with Gasteiger partial charge in [-0.1, -0.05) is 27.7 Å². The van der Waals surface area contributed by atoms with Crippen molar-refractivity contribution in [3.05, 3.63) is 0 Å². The smallest absolute Gasteiger partial charge is 0.0218 e. The second-order valence-electron chi connectivity index (χ2n) is 7.38. The van der Waals surface area contributed by atoms with Crippen molar-refractivity contribution >= 4 is 0 Å². The average Bonchev–Trinajstić information content (AvgIpc) is 2.27. The molecule has 1 aliphatic carbocycles. The van der Waals surface area contributed by atoms with E-state index in [0.717, 1.165) is 23.8 Å². The van der Waals surface area contributed by atoms with Gasteiger partial charge in [-0.25, -0.2) is 0 Å². The second kappa shape index (κ2) is 5.92. The Hall–Kier alpha value is -0.0800. The monoisotopic (exact) mass is 252 g/mol. The Morgan fingerprint density at radius 1 is 1.00 bits per heavy atom. The Morgan fingerprint density at radius 2 is 1.61 bits per heavy atom. The first-order valence-corrected chi connectivity index (χ1v) is 7.96. The Kier molecular flexibility index (Phi) is 4.71. The highest BCUT2D eigenvalue weighted by molar-refractivity contribution is 4.91. The molecule has 0 aromatic heterocycles. The Balaban J connectivity index is 2.00. The lowest BCUT2D eigenvalue weighted by Crippen LogP contribution is -2.60. The van der Waals surface area contributed by atoms with Gasteiger partial charge < -0.3 is 5.32 Å². The van der Waals surface area contributed by atoms with Crippen LogP contribution in [0.25, 0.3) is 0 Å². The predicted molar refractivity (Wildman–Crippen MR) is 78.8 cm³/mol. The molecule has 1 heterocycles. The van der Waals surface area contributed by atoms with Gasteiger partial charge in [0.15, 0.2) is 0 Å². The summed E-state index contributed by atoms with van der Waals surface area (Å²) < 4.78 is 0. The Morgan fingerprint density at radius 3 is 2.17 bits per heavy atom. The molecule has 2 nitrogen and oxygen atoms in total. The van der Waals surface area contributed by atoms with Crippen molar-refractivity contribution in [1.29, 1.82) is 0 Å². The molecule has 2 rings (SSSR count). The molecule has 2 aliphatic rings. The summed E-state index contributed by atoms with van der Waals surface area (Å²) >= 11 is 0. The minimum absolute atomic E-state index is 0.689. The highest BCUT2D eigenvalue weighted by atomic mass is 15.3. The number of rotatable bonds is 2. The van der Waals surface area contributed by atoms with Gasteiger partial charge in [-0.3, -0.25) is 4.90 Å². The highest BCUT2D eigenvalue weighted by Gasteiger charge is 2.35. The SMILES string of the molecule is CC1CC(C)CC(N2CC(C(C)C)NCC2C)C1. The van der Waals surface area contributed by atoms with Crippen LogP contribution in [0.1, 0.15) is 53.9 Å². The largest absolute Gasteiger partial charge is 0.311 e. The van der Waals surface area contributed by atoms with Crippen LogP contribution in [0.3, 0.4) is 0 Å². The van der Waals surface area contributed by atoms with E-state index in [-0.39, 0.29) is 0 Å². The molecule has 106 valence electrons. The third-order valence-electron chi connectivity index (χ3n) is 5.08. The minimum Gasteiger partial charge on any atom is -0.311 e. The summed E-state index contributed by atoms with van der Waals surface area (Å²) in [6.07, 6.45) is 4.27. The lowest BCUT2D eigenvalue weighted by Gasteiger charge is -2.47. The molecule has 0 amide bonds. The fraction of sp³-hybridized carbons (Fsp3) is 1.00. The summed E-state index contributed by atoms with van der Waals surface area (Å²) in [6.45, 7) is 14.4. The van der Waals surface area contributed by atoms with Gasteiger partial charge in [0.1, 0.15) is 0 Å². The van der Waals surface area contributed by atoms with Crippen molar-refractivity contribution in [1.82, 2.24) is 10.2 Å². The summed E-state index contributed by atoms with van der Waals surface area (Å²) in [5, 5.41) is 3.72. The van der Waals surface area contributed by atoms with Crippen LogP contribution in [0.5, 0.6) is 0 Å². The molecule has 0 spiro atoms. The van der Waals surface area contributed by atoms with Crippen LogP contribution in [0.15, 0.2) is 0 Å². The quantitative estimate of drug-likeness (QED) is 0.812. The maximum Gasteiger partial charge on any atom is 0.0218 e. The van der Waals surface area contributed by atoms with Crippen LogP contribution in [0.2, 0.25) is 0 Å². The lowest BCUT2D eigenvalue weighted by molar-refractivity contribution is 0.0373. The molecule has 4 unspecified atom stereocenters. The van der Waals surface area contributed by atoms with Crippen LogP contribution < -0.4 is 5.32 Å². The van der Waals surface area contributed by atoms with E-state index in [2.05, 4.69) is 44.8 Å². The Bertz CT molecular complexity index is 254. The lowest BCUT2D eigenvalue weighted by atomic mass is 9.79. The molecule has 1 N–H and O–H groups in total.